The van der Waals surface area contributed by atoms with E-state index in [-0.39, 0.29) is 21.7 Å². The first-order valence-electron chi connectivity index (χ1n) is 11.9. The monoisotopic (exact) mass is 396 g/mol. The lowest BCUT2D eigenvalue weighted by molar-refractivity contribution is -0.139. The standard InChI is InChI=1S/C27H40O2/c1-17-10-14-26(7,18(2)16-19(3)28)27(17)15-11-20-21(27)8-9-22-24(4,5)23(29)12-13-25(20,22)6/h18,22H,1,8-16H2,2-7H3/t18-,22?,25-,26+,27+/m1/s1. The molecule has 2 fully saturated rings. The van der Waals surface area contributed by atoms with Crippen molar-refractivity contribution in [2.45, 2.75) is 99.3 Å². The van der Waals surface area contributed by atoms with Gasteiger partial charge in [-0.3, -0.25) is 4.79 Å². The number of carbonyl (C=O) groups excluding carboxylic acids is 2. The molecular weight excluding hydrogens is 356 g/mol. The van der Waals surface area contributed by atoms with Gasteiger partial charge in [0.05, 0.1) is 0 Å². The number of carbonyl (C=O) groups is 2. The molecule has 2 heteroatoms. The summed E-state index contributed by atoms with van der Waals surface area (Å²) in [7, 11) is 0. The molecule has 0 aliphatic heterocycles. The second-order valence-corrected chi connectivity index (χ2v) is 11.8. The average molecular weight is 397 g/mol. The van der Waals surface area contributed by atoms with Crippen molar-refractivity contribution >= 4 is 11.6 Å². The van der Waals surface area contributed by atoms with E-state index in [1.54, 1.807) is 18.1 Å². The maximum Gasteiger partial charge on any atom is 0.138 e. The van der Waals surface area contributed by atoms with Crippen molar-refractivity contribution in [1.29, 1.82) is 0 Å². The summed E-state index contributed by atoms with van der Waals surface area (Å²) in [6, 6.07) is 0. The van der Waals surface area contributed by atoms with E-state index in [4.69, 9.17) is 0 Å². The van der Waals surface area contributed by atoms with E-state index in [1.807, 2.05) is 0 Å². The van der Waals surface area contributed by atoms with Gasteiger partial charge in [0.15, 0.2) is 0 Å². The van der Waals surface area contributed by atoms with Crippen molar-refractivity contribution in [2.75, 3.05) is 0 Å². The third-order valence-electron chi connectivity index (χ3n) is 10.4. The molecule has 4 aliphatic carbocycles. The maximum absolute atomic E-state index is 12.7. The van der Waals surface area contributed by atoms with Crippen molar-refractivity contribution in [1.82, 2.24) is 0 Å². The topological polar surface area (TPSA) is 34.1 Å². The molecule has 0 heterocycles. The van der Waals surface area contributed by atoms with E-state index in [2.05, 4.69) is 41.2 Å². The molecule has 0 radical (unpaired) electrons. The van der Waals surface area contributed by atoms with Gasteiger partial charge in [-0.1, -0.05) is 57.9 Å². The molecule has 0 aromatic carbocycles. The summed E-state index contributed by atoms with van der Waals surface area (Å²) in [5, 5.41) is 0. The SMILES string of the molecule is C=C1CC[C@@](C)([C@H](C)CC(C)=O)[C@@]12CCC1=C2CCC2C(C)(C)C(=O)CC[C@]12C. The number of rotatable bonds is 3. The van der Waals surface area contributed by atoms with E-state index in [0.29, 0.717) is 29.8 Å². The quantitative estimate of drug-likeness (QED) is 0.489. The smallest absolute Gasteiger partial charge is 0.138 e. The van der Waals surface area contributed by atoms with E-state index in [1.165, 1.54) is 12.0 Å². The number of hydrogen-bond donors (Lipinski definition) is 0. The molecule has 29 heavy (non-hydrogen) atoms. The molecule has 2 nitrogen and oxygen atoms in total. The van der Waals surface area contributed by atoms with Gasteiger partial charge in [0.25, 0.3) is 0 Å². The van der Waals surface area contributed by atoms with Gasteiger partial charge in [0, 0.05) is 23.7 Å². The van der Waals surface area contributed by atoms with Gasteiger partial charge in [0.1, 0.15) is 11.6 Å². The fourth-order valence-electron chi connectivity index (χ4n) is 8.64. The van der Waals surface area contributed by atoms with Gasteiger partial charge in [-0.25, -0.2) is 0 Å². The van der Waals surface area contributed by atoms with Crippen molar-refractivity contribution in [3.8, 4) is 0 Å². The third kappa shape index (κ3) is 2.53. The number of hydrogen-bond acceptors (Lipinski definition) is 2. The van der Waals surface area contributed by atoms with Crippen LogP contribution in [0.25, 0.3) is 0 Å². The normalized spacial score (nSPS) is 42.2. The molecule has 0 aromatic heterocycles. The van der Waals surface area contributed by atoms with Gasteiger partial charge >= 0.3 is 0 Å². The van der Waals surface area contributed by atoms with Gasteiger partial charge in [-0.05, 0) is 74.5 Å². The fourth-order valence-corrected chi connectivity index (χ4v) is 8.64. The average Bonchev–Trinajstić information content (AvgIpc) is 3.15. The minimum atomic E-state index is -0.209. The summed E-state index contributed by atoms with van der Waals surface area (Å²) in [5.74, 6) is 1.60. The summed E-state index contributed by atoms with van der Waals surface area (Å²) in [6.45, 7) is 18.0. The predicted octanol–water partition coefficient (Wildman–Crippen LogP) is 6.84. The van der Waals surface area contributed by atoms with Crippen LogP contribution in [0.5, 0.6) is 0 Å². The van der Waals surface area contributed by atoms with E-state index < -0.39 is 0 Å². The van der Waals surface area contributed by atoms with Gasteiger partial charge in [-0.2, -0.15) is 0 Å². The fraction of sp³-hybridized carbons (Fsp3) is 0.778. The zero-order chi connectivity index (χ0) is 21.4. The minimum absolute atomic E-state index is 0.0801. The van der Waals surface area contributed by atoms with Crippen molar-refractivity contribution in [3.63, 3.8) is 0 Å². The van der Waals surface area contributed by atoms with Crippen LogP contribution < -0.4 is 0 Å². The summed E-state index contributed by atoms with van der Waals surface area (Å²) in [4.78, 5) is 24.7. The minimum Gasteiger partial charge on any atom is -0.300 e. The summed E-state index contributed by atoms with van der Waals surface area (Å²) in [6.07, 6.45) is 9.24. The maximum atomic E-state index is 12.7. The Morgan fingerprint density at radius 2 is 1.72 bits per heavy atom. The molecule has 0 amide bonds. The lowest BCUT2D eigenvalue weighted by atomic mass is 9.48. The predicted molar refractivity (Wildman–Crippen MR) is 118 cm³/mol. The zero-order valence-electron chi connectivity index (χ0n) is 19.5. The lowest BCUT2D eigenvalue weighted by Crippen LogP contribution is -2.50. The van der Waals surface area contributed by atoms with Crippen LogP contribution in [-0.2, 0) is 9.59 Å². The highest BCUT2D eigenvalue weighted by atomic mass is 16.1. The van der Waals surface area contributed by atoms with Crippen LogP contribution in [0.1, 0.15) is 99.3 Å². The van der Waals surface area contributed by atoms with Crippen molar-refractivity contribution < 1.29 is 9.59 Å². The van der Waals surface area contributed by atoms with Crippen LogP contribution in [-0.4, -0.2) is 11.6 Å². The molecule has 4 aliphatic rings. The Hall–Kier alpha value is -1.18. The Morgan fingerprint density at radius 1 is 1.03 bits per heavy atom. The number of ketones is 2. The lowest BCUT2D eigenvalue weighted by Gasteiger charge is -2.55. The van der Waals surface area contributed by atoms with Crippen LogP contribution in [0, 0.1) is 33.5 Å². The van der Waals surface area contributed by atoms with E-state index in [9.17, 15) is 9.59 Å². The molecule has 0 saturated heterocycles. The zero-order valence-corrected chi connectivity index (χ0v) is 19.5. The molecule has 1 unspecified atom stereocenters. The Kier molecular flexibility index (Phi) is 4.66. The Labute approximate surface area is 177 Å². The molecule has 1 spiro atoms. The largest absolute Gasteiger partial charge is 0.300 e. The second-order valence-electron chi connectivity index (χ2n) is 11.8. The van der Waals surface area contributed by atoms with Crippen LogP contribution in [0.2, 0.25) is 0 Å². The van der Waals surface area contributed by atoms with E-state index >= 15 is 0 Å². The van der Waals surface area contributed by atoms with Crippen LogP contribution in [0.4, 0.5) is 0 Å². The highest BCUT2D eigenvalue weighted by Crippen LogP contribution is 2.73. The molecular formula is C27H40O2. The van der Waals surface area contributed by atoms with Crippen LogP contribution in [0.3, 0.4) is 0 Å². The molecule has 0 bridgehead atoms. The molecule has 2 saturated carbocycles. The first kappa shape index (κ1) is 21.1. The molecule has 0 aromatic rings. The molecule has 5 atom stereocenters. The summed E-state index contributed by atoms with van der Waals surface area (Å²) in [5.41, 5.74) is 4.93. The molecule has 160 valence electrons. The van der Waals surface area contributed by atoms with Crippen LogP contribution in [0.15, 0.2) is 23.3 Å². The van der Waals surface area contributed by atoms with Crippen molar-refractivity contribution in [2.24, 2.45) is 33.5 Å². The Morgan fingerprint density at radius 3 is 2.38 bits per heavy atom. The third-order valence-corrected chi connectivity index (χ3v) is 10.4. The number of Topliss-reactive ketones (excluding diaryl/α,β-unsaturated/α-hetero) is 2. The Bertz CT molecular complexity index is 814. The van der Waals surface area contributed by atoms with Crippen molar-refractivity contribution in [3.05, 3.63) is 23.3 Å². The highest BCUT2D eigenvalue weighted by Gasteiger charge is 2.64. The first-order valence-corrected chi connectivity index (χ1v) is 11.9. The van der Waals surface area contributed by atoms with E-state index in [0.717, 1.165) is 44.9 Å². The summed E-state index contributed by atoms with van der Waals surface area (Å²) >= 11 is 0. The first-order chi connectivity index (χ1) is 13.4. The van der Waals surface area contributed by atoms with Crippen LogP contribution >= 0.6 is 0 Å². The number of fused-ring (bicyclic) bond motifs is 3. The number of allylic oxidation sites excluding steroid dienone is 3. The molecule has 0 N–H and O–H groups in total. The molecule has 4 rings (SSSR count). The Balaban J connectivity index is 1.82. The highest BCUT2D eigenvalue weighted by molar-refractivity contribution is 5.86. The van der Waals surface area contributed by atoms with Gasteiger partial charge in [0.2, 0.25) is 0 Å². The summed E-state index contributed by atoms with van der Waals surface area (Å²) < 4.78 is 0. The van der Waals surface area contributed by atoms with Gasteiger partial charge in [-0.15, -0.1) is 0 Å². The second kappa shape index (κ2) is 6.41. The van der Waals surface area contributed by atoms with Gasteiger partial charge < -0.3 is 4.79 Å².